The average molecular weight is 367 g/mol. The summed E-state index contributed by atoms with van der Waals surface area (Å²) >= 11 is 1.46. The Balaban J connectivity index is 1.60. The van der Waals surface area contributed by atoms with Crippen molar-refractivity contribution >= 4 is 16.3 Å². The highest BCUT2D eigenvalue weighted by Crippen LogP contribution is 2.34. The van der Waals surface area contributed by atoms with Crippen molar-refractivity contribution in [2.24, 2.45) is 0 Å². The number of rotatable bonds is 5. The Morgan fingerprint density at radius 2 is 1.88 bits per heavy atom. The Kier molecular flexibility index (Phi) is 4.22. The molecule has 26 heavy (non-hydrogen) atoms. The van der Waals surface area contributed by atoms with Gasteiger partial charge in [0.2, 0.25) is 4.96 Å². The standard InChI is InChI=1S/C19H17N3O3S/c1-12-3-5-13(6-4-12)25-10-18-20-19-22(21-18)16(11-26-19)15-8-7-14(24-2)9-17(15)23/h3-9,11,23H,10H2,1-2H3. The molecule has 0 saturated heterocycles. The van der Waals surface area contributed by atoms with Gasteiger partial charge in [-0.1, -0.05) is 17.7 Å². The quantitative estimate of drug-likeness (QED) is 0.576. The van der Waals surface area contributed by atoms with Crippen LogP contribution in [0.4, 0.5) is 0 Å². The molecule has 0 atom stereocenters. The van der Waals surface area contributed by atoms with Crippen molar-refractivity contribution in [2.75, 3.05) is 7.11 Å². The van der Waals surface area contributed by atoms with Gasteiger partial charge in [-0.05, 0) is 31.2 Å². The normalized spacial score (nSPS) is 11.0. The van der Waals surface area contributed by atoms with E-state index >= 15 is 0 Å². The number of methoxy groups -OCH3 is 1. The second-order valence-electron chi connectivity index (χ2n) is 5.83. The number of hydrogen-bond donors (Lipinski definition) is 1. The molecule has 0 fully saturated rings. The van der Waals surface area contributed by atoms with Gasteiger partial charge in [0, 0.05) is 17.0 Å². The average Bonchev–Trinajstić information content (AvgIpc) is 3.22. The van der Waals surface area contributed by atoms with Crippen molar-refractivity contribution < 1.29 is 14.6 Å². The molecule has 2 aromatic carbocycles. The minimum absolute atomic E-state index is 0.136. The minimum Gasteiger partial charge on any atom is -0.507 e. The van der Waals surface area contributed by atoms with Gasteiger partial charge in [-0.2, -0.15) is 4.98 Å². The maximum absolute atomic E-state index is 10.3. The molecule has 6 nitrogen and oxygen atoms in total. The zero-order chi connectivity index (χ0) is 18.1. The second kappa shape index (κ2) is 6.68. The summed E-state index contributed by atoms with van der Waals surface area (Å²) in [5.41, 5.74) is 2.63. The lowest BCUT2D eigenvalue weighted by Crippen LogP contribution is -1.99. The number of aromatic hydroxyl groups is 1. The molecular weight excluding hydrogens is 350 g/mol. The van der Waals surface area contributed by atoms with Crippen molar-refractivity contribution in [3.63, 3.8) is 0 Å². The monoisotopic (exact) mass is 367 g/mol. The summed E-state index contributed by atoms with van der Waals surface area (Å²) in [7, 11) is 1.56. The number of aromatic nitrogens is 3. The third kappa shape index (κ3) is 3.09. The van der Waals surface area contributed by atoms with E-state index in [4.69, 9.17) is 9.47 Å². The van der Waals surface area contributed by atoms with Crippen molar-refractivity contribution in [2.45, 2.75) is 13.5 Å². The molecule has 0 aliphatic carbocycles. The molecule has 0 aliphatic rings. The van der Waals surface area contributed by atoms with E-state index in [1.165, 1.54) is 16.9 Å². The van der Waals surface area contributed by atoms with Crippen molar-refractivity contribution in [1.82, 2.24) is 14.6 Å². The SMILES string of the molecule is COc1ccc(-c2csc3nc(COc4ccc(C)cc4)nn23)c(O)c1. The van der Waals surface area contributed by atoms with Crippen LogP contribution in [0.1, 0.15) is 11.4 Å². The first-order chi connectivity index (χ1) is 12.6. The van der Waals surface area contributed by atoms with E-state index < -0.39 is 0 Å². The molecule has 0 aliphatic heterocycles. The molecule has 0 radical (unpaired) electrons. The summed E-state index contributed by atoms with van der Waals surface area (Å²) in [6, 6.07) is 13.0. The van der Waals surface area contributed by atoms with Gasteiger partial charge in [-0.3, -0.25) is 0 Å². The molecule has 0 unspecified atom stereocenters. The van der Waals surface area contributed by atoms with Crippen LogP contribution in [-0.4, -0.2) is 26.8 Å². The van der Waals surface area contributed by atoms with E-state index in [0.717, 1.165) is 16.4 Å². The summed E-state index contributed by atoms with van der Waals surface area (Å²) in [6.07, 6.45) is 0. The molecule has 1 N–H and O–H groups in total. The number of fused-ring (bicyclic) bond motifs is 1. The molecule has 7 heteroatoms. The summed E-state index contributed by atoms with van der Waals surface area (Å²) in [5, 5.41) is 16.7. The van der Waals surface area contributed by atoms with Crippen molar-refractivity contribution in [1.29, 1.82) is 0 Å². The van der Waals surface area contributed by atoms with E-state index in [-0.39, 0.29) is 12.4 Å². The first kappa shape index (κ1) is 16.4. The van der Waals surface area contributed by atoms with E-state index in [1.807, 2.05) is 36.6 Å². The Bertz CT molecular complexity index is 1050. The fraction of sp³-hybridized carbons (Fsp3) is 0.158. The molecule has 0 bridgehead atoms. The van der Waals surface area contributed by atoms with Crippen LogP contribution in [0, 0.1) is 6.92 Å². The van der Waals surface area contributed by atoms with Crippen LogP contribution in [-0.2, 0) is 6.61 Å². The Hall–Kier alpha value is -3.06. The fourth-order valence-electron chi connectivity index (χ4n) is 2.61. The van der Waals surface area contributed by atoms with Crippen molar-refractivity contribution in [3.8, 4) is 28.5 Å². The van der Waals surface area contributed by atoms with Gasteiger partial charge in [0.05, 0.1) is 12.8 Å². The van der Waals surface area contributed by atoms with E-state index in [1.54, 1.807) is 29.8 Å². The van der Waals surface area contributed by atoms with Crippen LogP contribution in [0.15, 0.2) is 47.8 Å². The zero-order valence-electron chi connectivity index (χ0n) is 14.3. The Morgan fingerprint density at radius 1 is 1.12 bits per heavy atom. The molecule has 0 amide bonds. The molecule has 0 saturated carbocycles. The Morgan fingerprint density at radius 3 is 2.62 bits per heavy atom. The van der Waals surface area contributed by atoms with Gasteiger partial charge in [0.1, 0.15) is 23.9 Å². The van der Waals surface area contributed by atoms with Crippen LogP contribution in [0.5, 0.6) is 17.2 Å². The number of hydrogen-bond acceptors (Lipinski definition) is 6. The number of ether oxygens (including phenoxy) is 2. The largest absolute Gasteiger partial charge is 0.507 e. The molecule has 0 spiro atoms. The predicted molar refractivity (Wildman–Crippen MR) is 100 cm³/mol. The predicted octanol–water partition coefficient (Wildman–Crippen LogP) is 4.06. The second-order valence-corrected chi connectivity index (χ2v) is 6.66. The summed E-state index contributed by atoms with van der Waals surface area (Å²) in [6.45, 7) is 2.32. The molecule has 2 heterocycles. The van der Waals surface area contributed by atoms with Gasteiger partial charge >= 0.3 is 0 Å². The number of aryl methyl sites for hydroxylation is 1. The van der Waals surface area contributed by atoms with Gasteiger partial charge in [0.15, 0.2) is 5.82 Å². The van der Waals surface area contributed by atoms with Crippen LogP contribution >= 0.6 is 11.3 Å². The van der Waals surface area contributed by atoms with Crippen LogP contribution in [0.3, 0.4) is 0 Å². The molecule has 4 rings (SSSR count). The number of phenols is 1. The van der Waals surface area contributed by atoms with Crippen LogP contribution < -0.4 is 9.47 Å². The summed E-state index contributed by atoms with van der Waals surface area (Å²) in [4.78, 5) is 5.24. The summed E-state index contributed by atoms with van der Waals surface area (Å²) in [5.74, 6) is 2.11. The zero-order valence-corrected chi connectivity index (χ0v) is 15.2. The third-order valence-electron chi connectivity index (χ3n) is 4.00. The van der Waals surface area contributed by atoms with Gasteiger partial charge in [-0.15, -0.1) is 16.4 Å². The summed E-state index contributed by atoms with van der Waals surface area (Å²) < 4.78 is 12.6. The lowest BCUT2D eigenvalue weighted by Gasteiger charge is -2.05. The number of benzene rings is 2. The highest BCUT2D eigenvalue weighted by molar-refractivity contribution is 7.15. The third-order valence-corrected chi connectivity index (χ3v) is 4.81. The number of phenolic OH excluding ortho intramolecular Hbond substituents is 1. The highest BCUT2D eigenvalue weighted by Gasteiger charge is 2.15. The van der Waals surface area contributed by atoms with Crippen LogP contribution in [0.2, 0.25) is 0 Å². The van der Waals surface area contributed by atoms with Gasteiger partial charge in [-0.25, -0.2) is 4.52 Å². The van der Waals surface area contributed by atoms with E-state index in [0.29, 0.717) is 17.1 Å². The first-order valence-electron chi connectivity index (χ1n) is 8.04. The smallest absolute Gasteiger partial charge is 0.212 e. The maximum Gasteiger partial charge on any atom is 0.212 e. The van der Waals surface area contributed by atoms with Crippen LogP contribution in [0.25, 0.3) is 16.2 Å². The lowest BCUT2D eigenvalue weighted by molar-refractivity contribution is 0.296. The Labute approximate surface area is 154 Å². The molecule has 132 valence electrons. The number of nitrogens with zero attached hydrogens (tertiary/aromatic N) is 3. The highest BCUT2D eigenvalue weighted by atomic mass is 32.1. The fourth-order valence-corrected chi connectivity index (χ4v) is 3.45. The lowest BCUT2D eigenvalue weighted by atomic mass is 10.1. The topological polar surface area (TPSA) is 68.9 Å². The van der Waals surface area contributed by atoms with Gasteiger partial charge in [0.25, 0.3) is 0 Å². The maximum atomic E-state index is 10.3. The minimum atomic E-state index is 0.136. The van der Waals surface area contributed by atoms with Gasteiger partial charge < -0.3 is 14.6 Å². The molecule has 2 aromatic heterocycles. The first-order valence-corrected chi connectivity index (χ1v) is 8.92. The number of thiazole rings is 1. The van der Waals surface area contributed by atoms with Crippen molar-refractivity contribution in [3.05, 3.63) is 59.2 Å². The molecule has 4 aromatic rings. The van der Waals surface area contributed by atoms with E-state index in [9.17, 15) is 5.11 Å². The van der Waals surface area contributed by atoms with E-state index in [2.05, 4.69) is 10.1 Å². The molecular formula is C19H17N3O3S.